The van der Waals surface area contributed by atoms with Crippen molar-refractivity contribution in [1.82, 2.24) is 9.97 Å². The Balaban J connectivity index is 1.58. The van der Waals surface area contributed by atoms with Crippen molar-refractivity contribution in [1.29, 1.82) is 0 Å². The first-order chi connectivity index (χ1) is 12.2. The van der Waals surface area contributed by atoms with E-state index in [1.165, 1.54) is 16.7 Å². The third kappa shape index (κ3) is 5.31. The van der Waals surface area contributed by atoms with Gasteiger partial charge in [-0.2, -0.15) is 0 Å². The SMILES string of the molecule is Cc1cccc(CNc2cc(NCCc3ccccc3)nc(C)n2)c1. The highest BCUT2D eigenvalue weighted by Gasteiger charge is 2.02. The second kappa shape index (κ2) is 8.29. The van der Waals surface area contributed by atoms with Crippen LogP contribution in [-0.2, 0) is 13.0 Å². The molecule has 0 amide bonds. The predicted octanol–water partition coefficient (Wildman–Crippen LogP) is 4.36. The van der Waals surface area contributed by atoms with Gasteiger partial charge in [-0.05, 0) is 31.4 Å². The summed E-state index contributed by atoms with van der Waals surface area (Å²) in [6.45, 7) is 5.62. The minimum atomic E-state index is 0.752. The summed E-state index contributed by atoms with van der Waals surface area (Å²) in [6, 6.07) is 20.9. The lowest BCUT2D eigenvalue weighted by Crippen LogP contribution is -2.09. The van der Waals surface area contributed by atoms with E-state index in [1.807, 2.05) is 19.1 Å². The van der Waals surface area contributed by atoms with Crippen molar-refractivity contribution in [2.75, 3.05) is 17.2 Å². The van der Waals surface area contributed by atoms with Crippen molar-refractivity contribution in [3.8, 4) is 0 Å². The minimum Gasteiger partial charge on any atom is -0.370 e. The molecular formula is C21H24N4. The molecule has 0 aliphatic carbocycles. The quantitative estimate of drug-likeness (QED) is 0.675. The van der Waals surface area contributed by atoms with Gasteiger partial charge in [0.05, 0.1) is 0 Å². The molecule has 0 spiro atoms. The number of aryl methyl sites for hydroxylation is 2. The molecule has 0 bridgehead atoms. The molecule has 0 aliphatic heterocycles. The third-order valence-electron chi connectivity index (χ3n) is 3.96. The molecule has 0 saturated carbocycles. The highest BCUT2D eigenvalue weighted by atomic mass is 15.1. The Morgan fingerprint density at radius 3 is 2.24 bits per heavy atom. The fourth-order valence-corrected chi connectivity index (χ4v) is 2.74. The van der Waals surface area contributed by atoms with E-state index >= 15 is 0 Å². The average Bonchev–Trinajstić information content (AvgIpc) is 2.61. The maximum Gasteiger partial charge on any atom is 0.132 e. The van der Waals surface area contributed by atoms with E-state index in [2.05, 4.69) is 76.1 Å². The van der Waals surface area contributed by atoms with Crippen LogP contribution in [0.3, 0.4) is 0 Å². The molecule has 1 aromatic heterocycles. The normalized spacial score (nSPS) is 10.5. The van der Waals surface area contributed by atoms with Crippen LogP contribution >= 0.6 is 0 Å². The maximum absolute atomic E-state index is 4.48. The van der Waals surface area contributed by atoms with Gasteiger partial charge in [0.1, 0.15) is 17.5 Å². The fourth-order valence-electron chi connectivity index (χ4n) is 2.74. The summed E-state index contributed by atoms with van der Waals surface area (Å²) in [5.74, 6) is 2.46. The Hall–Kier alpha value is -2.88. The van der Waals surface area contributed by atoms with Crippen LogP contribution in [0.25, 0.3) is 0 Å². The van der Waals surface area contributed by atoms with Gasteiger partial charge in [-0.25, -0.2) is 9.97 Å². The molecule has 4 heteroatoms. The zero-order chi connectivity index (χ0) is 17.5. The highest BCUT2D eigenvalue weighted by Crippen LogP contribution is 2.13. The number of hydrogen-bond acceptors (Lipinski definition) is 4. The summed E-state index contributed by atoms with van der Waals surface area (Å²) in [4.78, 5) is 8.95. The summed E-state index contributed by atoms with van der Waals surface area (Å²) in [5, 5.41) is 6.78. The van der Waals surface area contributed by atoms with Gasteiger partial charge in [-0.15, -0.1) is 0 Å². The molecule has 2 N–H and O–H groups in total. The van der Waals surface area contributed by atoms with Gasteiger partial charge in [0.25, 0.3) is 0 Å². The van der Waals surface area contributed by atoms with Crippen molar-refractivity contribution in [3.05, 3.63) is 83.2 Å². The molecule has 1 heterocycles. The molecule has 0 atom stereocenters. The van der Waals surface area contributed by atoms with Gasteiger partial charge in [0, 0.05) is 19.2 Å². The highest BCUT2D eigenvalue weighted by molar-refractivity contribution is 5.48. The maximum atomic E-state index is 4.48. The Morgan fingerprint density at radius 1 is 0.760 bits per heavy atom. The lowest BCUT2D eigenvalue weighted by atomic mass is 10.1. The molecule has 4 nitrogen and oxygen atoms in total. The topological polar surface area (TPSA) is 49.8 Å². The molecule has 3 rings (SSSR count). The first-order valence-electron chi connectivity index (χ1n) is 8.62. The van der Waals surface area contributed by atoms with Gasteiger partial charge in [0.2, 0.25) is 0 Å². The third-order valence-corrected chi connectivity index (χ3v) is 3.96. The summed E-state index contributed by atoms with van der Waals surface area (Å²) in [7, 11) is 0. The largest absolute Gasteiger partial charge is 0.370 e. The van der Waals surface area contributed by atoms with Gasteiger partial charge in [0.15, 0.2) is 0 Å². The van der Waals surface area contributed by atoms with Crippen LogP contribution in [0.1, 0.15) is 22.5 Å². The van der Waals surface area contributed by atoms with E-state index in [-0.39, 0.29) is 0 Å². The summed E-state index contributed by atoms with van der Waals surface area (Å²) in [6.07, 6.45) is 0.968. The van der Waals surface area contributed by atoms with E-state index < -0.39 is 0 Å². The Kier molecular flexibility index (Phi) is 5.62. The second-order valence-electron chi connectivity index (χ2n) is 6.19. The van der Waals surface area contributed by atoms with E-state index in [0.717, 1.165) is 37.0 Å². The molecule has 0 radical (unpaired) electrons. The second-order valence-corrected chi connectivity index (χ2v) is 6.19. The monoisotopic (exact) mass is 332 g/mol. The lowest BCUT2D eigenvalue weighted by molar-refractivity contribution is 0.975. The smallest absolute Gasteiger partial charge is 0.132 e. The van der Waals surface area contributed by atoms with Crippen LogP contribution in [0.4, 0.5) is 11.6 Å². The molecule has 2 aromatic carbocycles. The Bertz CT molecular complexity index is 815. The molecule has 0 fully saturated rings. The van der Waals surface area contributed by atoms with Crippen LogP contribution in [0.2, 0.25) is 0 Å². The molecule has 25 heavy (non-hydrogen) atoms. The van der Waals surface area contributed by atoms with E-state index in [0.29, 0.717) is 0 Å². The number of hydrogen-bond donors (Lipinski definition) is 2. The molecule has 0 unspecified atom stereocenters. The number of benzene rings is 2. The number of anilines is 2. The number of nitrogens with zero attached hydrogens (tertiary/aromatic N) is 2. The minimum absolute atomic E-state index is 0.752. The molecule has 0 aliphatic rings. The molecular weight excluding hydrogens is 308 g/mol. The summed E-state index contributed by atoms with van der Waals surface area (Å²) < 4.78 is 0. The summed E-state index contributed by atoms with van der Waals surface area (Å²) >= 11 is 0. The van der Waals surface area contributed by atoms with Crippen molar-refractivity contribution < 1.29 is 0 Å². The number of aromatic nitrogens is 2. The van der Waals surface area contributed by atoms with E-state index in [9.17, 15) is 0 Å². The molecule has 128 valence electrons. The van der Waals surface area contributed by atoms with Gasteiger partial charge < -0.3 is 10.6 Å². The van der Waals surface area contributed by atoms with Crippen LogP contribution < -0.4 is 10.6 Å². The molecule has 0 saturated heterocycles. The average molecular weight is 332 g/mol. The standard InChI is InChI=1S/C21H24N4/c1-16-7-6-10-19(13-16)15-23-21-14-20(24-17(2)25-21)22-12-11-18-8-4-3-5-9-18/h3-10,13-14H,11-12,15H2,1-2H3,(H2,22,23,24,25). The van der Waals surface area contributed by atoms with Gasteiger partial charge in [-0.1, -0.05) is 60.2 Å². The van der Waals surface area contributed by atoms with E-state index in [4.69, 9.17) is 0 Å². The zero-order valence-electron chi connectivity index (χ0n) is 14.8. The van der Waals surface area contributed by atoms with Gasteiger partial charge >= 0.3 is 0 Å². The lowest BCUT2D eigenvalue weighted by Gasteiger charge is -2.11. The summed E-state index contributed by atoms with van der Waals surface area (Å²) in [5.41, 5.74) is 3.83. The first kappa shape index (κ1) is 17.0. The first-order valence-corrected chi connectivity index (χ1v) is 8.62. The number of nitrogens with one attached hydrogen (secondary N) is 2. The zero-order valence-corrected chi connectivity index (χ0v) is 14.8. The predicted molar refractivity (Wildman–Crippen MR) is 104 cm³/mol. The van der Waals surface area contributed by atoms with Crippen LogP contribution in [0, 0.1) is 13.8 Å². The Morgan fingerprint density at radius 2 is 1.48 bits per heavy atom. The van der Waals surface area contributed by atoms with Crippen molar-refractivity contribution in [2.45, 2.75) is 26.8 Å². The van der Waals surface area contributed by atoms with E-state index in [1.54, 1.807) is 0 Å². The Labute approximate surface area is 149 Å². The van der Waals surface area contributed by atoms with Gasteiger partial charge in [-0.3, -0.25) is 0 Å². The van der Waals surface area contributed by atoms with Crippen LogP contribution in [-0.4, -0.2) is 16.5 Å². The van der Waals surface area contributed by atoms with Crippen molar-refractivity contribution >= 4 is 11.6 Å². The fraction of sp³-hybridized carbons (Fsp3) is 0.238. The number of rotatable bonds is 7. The molecule has 3 aromatic rings. The van der Waals surface area contributed by atoms with Crippen molar-refractivity contribution in [2.24, 2.45) is 0 Å². The van der Waals surface area contributed by atoms with Crippen LogP contribution in [0.15, 0.2) is 60.7 Å². The van der Waals surface area contributed by atoms with Crippen LogP contribution in [0.5, 0.6) is 0 Å². The van der Waals surface area contributed by atoms with Crippen molar-refractivity contribution in [3.63, 3.8) is 0 Å².